The molecule has 38 heavy (non-hydrogen) atoms. The first kappa shape index (κ1) is 26.6. The van der Waals surface area contributed by atoms with E-state index in [2.05, 4.69) is 10.6 Å². The van der Waals surface area contributed by atoms with Gasteiger partial charge in [0.1, 0.15) is 10.7 Å². The van der Waals surface area contributed by atoms with Gasteiger partial charge in [0.2, 0.25) is 0 Å². The molecule has 0 aliphatic carbocycles. The summed E-state index contributed by atoms with van der Waals surface area (Å²) in [4.78, 5) is 51.7. The molecule has 0 saturated heterocycles. The monoisotopic (exact) mass is 531 g/mol. The predicted octanol–water partition coefficient (Wildman–Crippen LogP) is 5.56. The third-order valence-electron chi connectivity index (χ3n) is 5.99. The minimum absolute atomic E-state index is 0.0713. The van der Waals surface area contributed by atoms with Crippen LogP contribution in [0.15, 0.2) is 77.5 Å². The van der Waals surface area contributed by atoms with Gasteiger partial charge in [-0.3, -0.25) is 14.4 Å². The Hall–Kier alpha value is -4.43. The summed E-state index contributed by atoms with van der Waals surface area (Å²) in [7, 11) is 0. The van der Waals surface area contributed by atoms with Crippen LogP contribution in [-0.4, -0.2) is 30.3 Å². The summed E-state index contributed by atoms with van der Waals surface area (Å²) in [5.41, 5.74) is 3.92. The van der Waals surface area contributed by atoms with Crippen LogP contribution in [0.5, 0.6) is 0 Å². The number of amides is 3. The van der Waals surface area contributed by atoms with Crippen LogP contribution in [0.1, 0.15) is 45.2 Å². The number of imide groups is 1. The van der Waals surface area contributed by atoms with Crippen molar-refractivity contribution in [2.24, 2.45) is 0 Å². The number of benzene rings is 3. The van der Waals surface area contributed by atoms with Gasteiger partial charge in [0.25, 0.3) is 17.7 Å². The number of anilines is 3. The lowest BCUT2D eigenvalue weighted by Gasteiger charge is -2.16. The van der Waals surface area contributed by atoms with Gasteiger partial charge in [-0.25, -0.2) is 9.69 Å². The van der Waals surface area contributed by atoms with E-state index < -0.39 is 23.7 Å². The largest absolute Gasteiger partial charge is 0.462 e. The van der Waals surface area contributed by atoms with Crippen LogP contribution in [-0.2, 0) is 14.3 Å². The van der Waals surface area contributed by atoms with E-state index in [1.54, 1.807) is 60.7 Å². The number of esters is 1. The molecule has 2 N–H and O–H groups in total. The molecule has 0 fully saturated rings. The molecule has 1 aliphatic heterocycles. The predicted molar refractivity (Wildman–Crippen MR) is 146 cm³/mol. The Morgan fingerprint density at radius 3 is 2.29 bits per heavy atom. The number of nitrogens with zero attached hydrogens (tertiary/aromatic N) is 1. The molecule has 0 saturated carbocycles. The Kier molecular flexibility index (Phi) is 7.93. The first-order valence-corrected chi connectivity index (χ1v) is 12.4. The lowest BCUT2D eigenvalue weighted by molar-refractivity contribution is -0.120. The number of rotatable bonds is 8. The molecule has 0 aromatic heterocycles. The molecule has 3 amide bonds. The smallest absolute Gasteiger partial charge is 0.338 e. The van der Waals surface area contributed by atoms with E-state index in [0.29, 0.717) is 34.8 Å². The maximum Gasteiger partial charge on any atom is 0.338 e. The van der Waals surface area contributed by atoms with Crippen molar-refractivity contribution in [1.82, 2.24) is 0 Å². The summed E-state index contributed by atoms with van der Waals surface area (Å²) in [6.45, 7) is 6.08. The van der Waals surface area contributed by atoms with Crippen LogP contribution in [0.25, 0.3) is 0 Å². The molecule has 3 aromatic carbocycles. The van der Waals surface area contributed by atoms with Crippen molar-refractivity contribution < 1.29 is 23.9 Å². The molecular formula is C29H26ClN3O5. The minimum atomic E-state index is -0.627. The van der Waals surface area contributed by atoms with Crippen molar-refractivity contribution >= 4 is 52.4 Å². The van der Waals surface area contributed by atoms with Crippen LogP contribution in [0.2, 0.25) is 0 Å². The molecule has 0 unspecified atom stereocenters. The lowest BCUT2D eigenvalue weighted by atomic mass is 10.1. The molecule has 0 atom stereocenters. The molecule has 3 aromatic rings. The topological polar surface area (TPSA) is 105 Å². The second-order valence-electron chi connectivity index (χ2n) is 8.78. The van der Waals surface area contributed by atoms with Crippen LogP contribution in [0, 0.1) is 13.8 Å². The molecule has 4 rings (SSSR count). The van der Waals surface area contributed by atoms with E-state index in [0.717, 1.165) is 22.4 Å². The van der Waals surface area contributed by atoms with Gasteiger partial charge in [-0.2, -0.15) is 0 Å². The average molecular weight is 532 g/mol. The zero-order valence-corrected chi connectivity index (χ0v) is 21.9. The number of aryl methyl sites for hydroxylation is 2. The normalized spacial score (nSPS) is 13.1. The van der Waals surface area contributed by atoms with E-state index in [-0.39, 0.29) is 10.7 Å². The Bertz CT molecular complexity index is 1460. The van der Waals surface area contributed by atoms with Crippen LogP contribution < -0.4 is 15.5 Å². The summed E-state index contributed by atoms with van der Waals surface area (Å²) in [5, 5.41) is 5.43. The number of hydrogen-bond donors (Lipinski definition) is 2. The molecule has 0 bridgehead atoms. The van der Waals surface area contributed by atoms with Gasteiger partial charge >= 0.3 is 5.97 Å². The summed E-state index contributed by atoms with van der Waals surface area (Å²) in [5.74, 6) is -2.04. The molecule has 1 aliphatic rings. The number of ether oxygens (including phenoxy) is 1. The number of halogens is 1. The van der Waals surface area contributed by atoms with Gasteiger partial charge in [0.15, 0.2) is 0 Å². The van der Waals surface area contributed by atoms with E-state index in [4.69, 9.17) is 16.3 Å². The van der Waals surface area contributed by atoms with Crippen LogP contribution in [0.4, 0.5) is 17.1 Å². The third kappa shape index (κ3) is 5.60. The van der Waals surface area contributed by atoms with E-state index in [9.17, 15) is 19.2 Å². The standard InChI is InChI=1S/C29H26ClN3O5/c1-4-14-38-29(37)19-9-11-21(12-10-19)32-26(34)20-6-5-7-22(16-20)31-25-24(30)27(35)33(28(25)36)23-13-8-17(2)18(3)15-23/h5-13,15-16,31H,4,14H2,1-3H3,(H,32,34). The van der Waals surface area contributed by atoms with Crippen molar-refractivity contribution in [3.63, 3.8) is 0 Å². The zero-order valence-electron chi connectivity index (χ0n) is 21.1. The van der Waals surface area contributed by atoms with Gasteiger partial charge in [0, 0.05) is 16.9 Å². The second-order valence-corrected chi connectivity index (χ2v) is 9.15. The van der Waals surface area contributed by atoms with Crippen molar-refractivity contribution in [3.05, 3.63) is 99.7 Å². The highest BCUT2D eigenvalue weighted by Crippen LogP contribution is 2.31. The maximum absolute atomic E-state index is 13.1. The summed E-state index contributed by atoms with van der Waals surface area (Å²) < 4.78 is 5.10. The van der Waals surface area contributed by atoms with Gasteiger partial charge in [-0.15, -0.1) is 0 Å². The number of carbonyl (C=O) groups excluding carboxylic acids is 4. The van der Waals surface area contributed by atoms with Crippen LogP contribution in [0.3, 0.4) is 0 Å². The fraction of sp³-hybridized carbons (Fsp3) is 0.172. The minimum Gasteiger partial charge on any atom is -0.462 e. The molecule has 1 heterocycles. The first-order valence-electron chi connectivity index (χ1n) is 12.0. The highest BCUT2D eigenvalue weighted by atomic mass is 35.5. The molecule has 0 radical (unpaired) electrons. The van der Waals surface area contributed by atoms with Crippen molar-refractivity contribution in [2.45, 2.75) is 27.2 Å². The quantitative estimate of drug-likeness (QED) is 0.291. The fourth-order valence-corrected chi connectivity index (χ4v) is 3.98. The van der Waals surface area contributed by atoms with Crippen molar-refractivity contribution in [3.8, 4) is 0 Å². The fourth-order valence-electron chi connectivity index (χ4n) is 3.76. The molecular weight excluding hydrogens is 506 g/mol. The zero-order chi connectivity index (χ0) is 27.4. The van der Waals surface area contributed by atoms with Crippen LogP contribution >= 0.6 is 11.6 Å². The van der Waals surface area contributed by atoms with E-state index in [1.807, 2.05) is 26.8 Å². The van der Waals surface area contributed by atoms with E-state index in [1.165, 1.54) is 0 Å². The lowest BCUT2D eigenvalue weighted by Crippen LogP contribution is -2.32. The van der Waals surface area contributed by atoms with Crippen molar-refractivity contribution in [1.29, 1.82) is 0 Å². The highest BCUT2D eigenvalue weighted by molar-refractivity contribution is 6.53. The molecule has 8 nitrogen and oxygen atoms in total. The number of carbonyl (C=O) groups is 4. The molecule has 0 spiro atoms. The SMILES string of the molecule is CCCOC(=O)c1ccc(NC(=O)c2cccc(NC3=C(Cl)C(=O)N(c4ccc(C)c(C)c4)C3=O)c2)cc1. The Morgan fingerprint density at radius 1 is 0.868 bits per heavy atom. The third-order valence-corrected chi connectivity index (χ3v) is 6.34. The van der Waals surface area contributed by atoms with Gasteiger partial charge in [0.05, 0.1) is 17.9 Å². The highest BCUT2D eigenvalue weighted by Gasteiger charge is 2.39. The Balaban J connectivity index is 1.46. The maximum atomic E-state index is 13.1. The van der Waals surface area contributed by atoms with Gasteiger partial charge in [-0.1, -0.05) is 30.7 Å². The number of hydrogen-bond acceptors (Lipinski definition) is 6. The second kappa shape index (κ2) is 11.3. The first-order chi connectivity index (χ1) is 18.2. The number of nitrogens with one attached hydrogen (secondary N) is 2. The Morgan fingerprint density at radius 2 is 1.61 bits per heavy atom. The van der Waals surface area contributed by atoms with Crippen molar-refractivity contribution in [2.75, 3.05) is 22.1 Å². The molecule has 9 heteroatoms. The van der Waals surface area contributed by atoms with E-state index >= 15 is 0 Å². The summed E-state index contributed by atoms with van der Waals surface area (Å²) >= 11 is 6.25. The average Bonchev–Trinajstić information content (AvgIpc) is 3.12. The Labute approximate surface area is 225 Å². The van der Waals surface area contributed by atoms with Gasteiger partial charge < -0.3 is 15.4 Å². The van der Waals surface area contributed by atoms with Gasteiger partial charge in [-0.05, 0) is 86.0 Å². The molecule has 194 valence electrons. The summed E-state index contributed by atoms with van der Waals surface area (Å²) in [6, 6.07) is 18.1. The summed E-state index contributed by atoms with van der Waals surface area (Å²) in [6.07, 6.45) is 0.729.